The summed E-state index contributed by atoms with van der Waals surface area (Å²) in [7, 11) is -10.5. The van der Waals surface area contributed by atoms with Crippen LogP contribution < -0.4 is 4.72 Å². The normalized spacial score (nSPS) is 21.9. The summed E-state index contributed by atoms with van der Waals surface area (Å²) >= 11 is 0. The molecule has 0 spiro atoms. The fourth-order valence-electron chi connectivity index (χ4n) is 4.12. The highest BCUT2D eigenvalue weighted by Gasteiger charge is 2.52. The molecule has 3 rings (SSSR count). The van der Waals surface area contributed by atoms with E-state index in [4.69, 9.17) is 0 Å². The molecule has 2 aromatic rings. The Balaban J connectivity index is 2.08. The average molecular weight is 565 g/mol. The molecule has 0 aliphatic heterocycles. The van der Waals surface area contributed by atoms with Gasteiger partial charge in [0, 0.05) is 17.8 Å². The summed E-state index contributed by atoms with van der Waals surface area (Å²) in [6.45, 7) is -0.612. The SMILES string of the molecule is O=S(=O)(NC1CCC(c2cc(CO)ccc2F)(S(=O)(=O)c2ccc(C(F)(F)F)nc2)CC1)C(F)(F)F. The third kappa shape index (κ3) is 5.21. The van der Waals surface area contributed by atoms with E-state index in [1.54, 1.807) is 0 Å². The Morgan fingerprint density at radius 2 is 1.61 bits per heavy atom. The predicted octanol–water partition coefficient (Wildman–Crippen LogP) is 3.78. The first-order valence-electron chi connectivity index (χ1n) is 10.2. The van der Waals surface area contributed by atoms with Gasteiger partial charge in [0.05, 0.1) is 11.5 Å². The number of aliphatic hydroxyl groups is 1. The maximum atomic E-state index is 15.0. The molecule has 0 unspecified atom stereocenters. The zero-order valence-electron chi connectivity index (χ0n) is 18.1. The number of rotatable bonds is 6. The van der Waals surface area contributed by atoms with E-state index in [1.165, 1.54) is 10.8 Å². The fraction of sp³-hybridized carbons (Fsp3) is 0.450. The lowest BCUT2D eigenvalue weighted by Crippen LogP contribution is -2.48. The van der Waals surface area contributed by atoms with Gasteiger partial charge in [0.15, 0.2) is 9.84 Å². The number of hydrogen-bond acceptors (Lipinski definition) is 6. The molecule has 1 aromatic heterocycles. The number of hydrogen-bond donors (Lipinski definition) is 2. The topological polar surface area (TPSA) is 113 Å². The second-order valence-corrected chi connectivity index (χ2v) is 12.2. The van der Waals surface area contributed by atoms with Gasteiger partial charge in [-0.25, -0.2) is 25.9 Å². The fourth-order valence-corrected chi connectivity index (χ4v) is 7.04. The third-order valence-electron chi connectivity index (χ3n) is 5.98. The van der Waals surface area contributed by atoms with E-state index in [9.17, 15) is 52.7 Å². The second-order valence-electron chi connectivity index (χ2n) is 8.19. The van der Waals surface area contributed by atoms with E-state index < -0.39 is 96.6 Å². The monoisotopic (exact) mass is 564 g/mol. The number of aliphatic hydroxyl groups excluding tert-OH is 1. The van der Waals surface area contributed by atoms with Crippen LogP contribution in [0, 0.1) is 5.82 Å². The van der Waals surface area contributed by atoms with Gasteiger partial charge in [-0.2, -0.15) is 26.3 Å². The standard InChI is InChI=1S/C20H19F7N2O5S2/c21-16-3-1-12(11-30)9-15(16)18(7-5-13(6-8-18)29-36(33,34)20(25,26)27)35(31,32)14-2-4-17(28-10-14)19(22,23)24/h1-4,9-10,13,29-30H,5-8,11H2. The minimum absolute atomic E-state index is 0.103. The van der Waals surface area contributed by atoms with Crippen molar-refractivity contribution in [3.05, 3.63) is 59.2 Å². The second kappa shape index (κ2) is 9.54. The van der Waals surface area contributed by atoms with E-state index in [0.717, 1.165) is 12.1 Å². The molecule has 1 fully saturated rings. The lowest BCUT2D eigenvalue weighted by Gasteiger charge is -2.40. The molecule has 0 amide bonds. The van der Waals surface area contributed by atoms with Crippen LogP contribution in [-0.4, -0.2) is 38.5 Å². The average Bonchev–Trinajstić information content (AvgIpc) is 2.78. The molecule has 2 N–H and O–H groups in total. The number of halogens is 7. The summed E-state index contributed by atoms with van der Waals surface area (Å²) in [5.74, 6) is -1.04. The Labute approximate surface area is 201 Å². The smallest absolute Gasteiger partial charge is 0.392 e. The van der Waals surface area contributed by atoms with Gasteiger partial charge in [0.1, 0.15) is 16.3 Å². The molecule has 16 heteroatoms. The van der Waals surface area contributed by atoms with Gasteiger partial charge in [-0.3, -0.25) is 4.98 Å². The first-order valence-corrected chi connectivity index (χ1v) is 13.2. The number of benzene rings is 1. The van der Waals surface area contributed by atoms with E-state index in [2.05, 4.69) is 4.98 Å². The van der Waals surface area contributed by atoms with Crippen molar-refractivity contribution in [3.63, 3.8) is 0 Å². The van der Waals surface area contributed by atoms with Gasteiger partial charge in [-0.05, 0) is 55.5 Å². The molecule has 7 nitrogen and oxygen atoms in total. The van der Waals surface area contributed by atoms with Gasteiger partial charge in [0.2, 0.25) is 0 Å². The maximum absolute atomic E-state index is 15.0. The maximum Gasteiger partial charge on any atom is 0.511 e. The predicted molar refractivity (Wildman–Crippen MR) is 111 cm³/mol. The van der Waals surface area contributed by atoms with Crippen LogP contribution in [0.1, 0.15) is 42.5 Å². The minimum atomic E-state index is -5.75. The Kier molecular flexibility index (Phi) is 7.49. The van der Waals surface area contributed by atoms with Crippen molar-refractivity contribution in [1.29, 1.82) is 0 Å². The molecule has 1 aromatic carbocycles. The molecular weight excluding hydrogens is 545 g/mol. The molecule has 1 aliphatic rings. The third-order valence-corrected chi connectivity index (χ3v) is 9.75. The molecule has 1 saturated carbocycles. The highest BCUT2D eigenvalue weighted by molar-refractivity contribution is 7.92. The number of pyridine rings is 1. The van der Waals surface area contributed by atoms with Crippen LogP contribution in [0.5, 0.6) is 0 Å². The van der Waals surface area contributed by atoms with Crippen molar-refractivity contribution in [1.82, 2.24) is 9.71 Å². The van der Waals surface area contributed by atoms with Crippen LogP contribution in [-0.2, 0) is 37.4 Å². The number of sulfone groups is 1. The molecule has 0 radical (unpaired) electrons. The number of sulfonamides is 1. The number of alkyl halides is 6. The molecule has 0 atom stereocenters. The molecular formula is C20H19F7N2O5S2. The van der Waals surface area contributed by atoms with Crippen LogP contribution in [0.4, 0.5) is 30.7 Å². The van der Waals surface area contributed by atoms with Crippen molar-refractivity contribution in [3.8, 4) is 0 Å². The molecule has 0 bridgehead atoms. The summed E-state index contributed by atoms with van der Waals surface area (Å²) in [5, 5.41) is 9.44. The van der Waals surface area contributed by atoms with Crippen molar-refractivity contribution in [2.45, 2.75) is 59.7 Å². The number of nitrogens with zero attached hydrogens (tertiary/aromatic N) is 1. The summed E-state index contributed by atoms with van der Waals surface area (Å²) in [6.07, 6.45) is -6.50. The van der Waals surface area contributed by atoms with Crippen molar-refractivity contribution in [2.24, 2.45) is 0 Å². The van der Waals surface area contributed by atoms with E-state index in [1.807, 2.05) is 0 Å². The van der Waals surface area contributed by atoms with Gasteiger partial charge in [-0.15, -0.1) is 0 Å². The Bertz CT molecular complexity index is 1320. The summed E-state index contributed by atoms with van der Waals surface area (Å²) in [6, 6.07) is 2.81. The number of nitrogens with one attached hydrogen (secondary N) is 1. The zero-order valence-corrected chi connectivity index (χ0v) is 19.7. The summed E-state index contributed by atoms with van der Waals surface area (Å²) in [5.41, 5.74) is -7.34. The number of aromatic nitrogens is 1. The molecule has 1 heterocycles. The van der Waals surface area contributed by atoms with E-state index >= 15 is 0 Å². The lowest BCUT2D eigenvalue weighted by atomic mass is 9.80. The summed E-state index contributed by atoms with van der Waals surface area (Å²) in [4.78, 5) is 2.43. The van der Waals surface area contributed by atoms with E-state index in [-0.39, 0.29) is 5.56 Å². The van der Waals surface area contributed by atoms with Gasteiger partial charge in [-0.1, -0.05) is 6.07 Å². The molecule has 200 valence electrons. The highest BCUT2D eigenvalue weighted by Crippen LogP contribution is 2.48. The molecule has 36 heavy (non-hydrogen) atoms. The van der Waals surface area contributed by atoms with Crippen LogP contribution in [0.25, 0.3) is 0 Å². The van der Waals surface area contributed by atoms with Gasteiger partial charge < -0.3 is 5.11 Å². The lowest BCUT2D eigenvalue weighted by molar-refractivity contribution is -0.141. The van der Waals surface area contributed by atoms with Crippen molar-refractivity contribution >= 4 is 19.9 Å². The Morgan fingerprint density at radius 1 is 1.00 bits per heavy atom. The van der Waals surface area contributed by atoms with Crippen LogP contribution in [0.2, 0.25) is 0 Å². The molecule has 1 aliphatic carbocycles. The first-order chi connectivity index (χ1) is 16.4. The van der Waals surface area contributed by atoms with Crippen LogP contribution >= 0.6 is 0 Å². The summed E-state index contributed by atoms with van der Waals surface area (Å²) < 4.78 is 142. The highest BCUT2D eigenvalue weighted by atomic mass is 32.2. The largest absolute Gasteiger partial charge is 0.511 e. The van der Waals surface area contributed by atoms with Gasteiger partial charge >= 0.3 is 21.7 Å². The van der Waals surface area contributed by atoms with Gasteiger partial charge in [0.25, 0.3) is 0 Å². The Hall–Kier alpha value is -2.30. The molecule has 0 saturated heterocycles. The quantitative estimate of drug-likeness (QED) is 0.517. The van der Waals surface area contributed by atoms with Crippen LogP contribution in [0.3, 0.4) is 0 Å². The first kappa shape index (κ1) is 28.3. The van der Waals surface area contributed by atoms with Crippen molar-refractivity contribution < 1.29 is 52.7 Å². The van der Waals surface area contributed by atoms with Crippen LogP contribution in [0.15, 0.2) is 41.4 Å². The van der Waals surface area contributed by atoms with Crippen molar-refractivity contribution in [2.75, 3.05) is 0 Å². The Morgan fingerprint density at radius 3 is 2.08 bits per heavy atom. The minimum Gasteiger partial charge on any atom is -0.392 e. The van der Waals surface area contributed by atoms with E-state index in [0.29, 0.717) is 18.3 Å². The zero-order chi connectivity index (χ0) is 27.2.